The van der Waals surface area contributed by atoms with Crippen molar-refractivity contribution in [3.63, 3.8) is 0 Å². The number of aliphatic hydroxyl groups is 1. The van der Waals surface area contributed by atoms with Crippen LogP contribution in [0.3, 0.4) is 0 Å². The maximum absolute atomic E-state index is 13.5. The van der Waals surface area contributed by atoms with Gasteiger partial charge in [0.2, 0.25) is 0 Å². The zero-order chi connectivity index (χ0) is 24.9. The van der Waals surface area contributed by atoms with Crippen molar-refractivity contribution < 1.29 is 37.7 Å². The van der Waals surface area contributed by atoms with E-state index in [0.29, 0.717) is 0 Å². The third kappa shape index (κ3) is 6.00. The summed E-state index contributed by atoms with van der Waals surface area (Å²) in [5, 5.41) is 13.2. The van der Waals surface area contributed by atoms with Crippen LogP contribution in [0.25, 0.3) is 0 Å². The van der Waals surface area contributed by atoms with Crippen LogP contribution < -0.4 is 21.0 Å². The summed E-state index contributed by atoms with van der Waals surface area (Å²) < 4.78 is 41.4. The van der Waals surface area contributed by atoms with Crippen LogP contribution in [0.2, 0.25) is 0 Å². The number of nitrogens with two attached hydrogens (primary N) is 1. The van der Waals surface area contributed by atoms with Crippen LogP contribution in [0, 0.1) is 0 Å². The number of anilines is 1. The average molecular weight is 498 g/mol. The lowest BCUT2D eigenvalue weighted by molar-refractivity contribution is -0.142. The molecule has 0 spiro atoms. The lowest BCUT2D eigenvalue weighted by Crippen LogP contribution is -2.38. The minimum Gasteiger partial charge on any atom is -0.468 e. The molecule has 1 aliphatic heterocycles. The molecule has 6 unspecified atom stereocenters. The monoisotopic (exact) mass is 498 g/mol. The molecule has 2 heterocycles. The molecular weight excluding hydrogens is 471 g/mol. The first-order valence-electron chi connectivity index (χ1n) is 10.2. The van der Waals surface area contributed by atoms with Crippen molar-refractivity contribution in [1.82, 2.24) is 14.6 Å². The maximum atomic E-state index is 13.5. The van der Waals surface area contributed by atoms with Gasteiger partial charge in [-0.1, -0.05) is 18.2 Å². The highest BCUT2D eigenvalue weighted by molar-refractivity contribution is 7.52. The van der Waals surface area contributed by atoms with Gasteiger partial charge in [-0.15, -0.1) is 0 Å². The van der Waals surface area contributed by atoms with E-state index in [9.17, 15) is 19.3 Å². The molecule has 0 radical (unpaired) electrons. The summed E-state index contributed by atoms with van der Waals surface area (Å²) >= 11 is 0. The third-order valence-electron chi connectivity index (χ3n) is 4.99. The highest BCUT2D eigenvalue weighted by Gasteiger charge is 2.47. The molecule has 1 saturated heterocycles. The molecule has 186 valence electrons. The zero-order valence-corrected chi connectivity index (χ0v) is 19.7. The van der Waals surface area contributed by atoms with E-state index in [2.05, 4.69) is 14.8 Å². The van der Waals surface area contributed by atoms with Gasteiger partial charge in [0.15, 0.2) is 6.23 Å². The molecule has 14 heteroatoms. The van der Waals surface area contributed by atoms with E-state index in [1.807, 2.05) is 0 Å². The number of nitrogens with zero attached hydrogens (tertiary/aromatic N) is 2. The first-order valence-corrected chi connectivity index (χ1v) is 11.8. The van der Waals surface area contributed by atoms with Crippen molar-refractivity contribution >= 4 is 19.5 Å². The summed E-state index contributed by atoms with van der Waals surface area (Å²) in [5.41, 5.74) is 4.83. The van der Waals surface area contributed by atoms with Crippen LogP contribution in [0.5, 0.6) is 5.75 Å². The Morgan fingerprint density at radius 1 is 1.32 bits per heavy atom. The normalized spacial score (nSPS) is 24.8. The number of para-hydroxylation sites is 1. The number of rotatable bonds is 10. The molecule has 0 saturated carbocycles. The highest BCUT2D eigenvalue weighted by atomic mass is 31.2. The second-order valence-electron chi connectivity index (χ2n) is 7.37. The Hall–Kier alpha value is -2.80. The first kappa shape index (κ1) is 25.8. The van der Waals surface area contributed by atoms with Crippen molar-refractivity contribution in [1.29, 1.82) is 0 Å². The number of aromatic nitrogens is 2. The summed E-state index contributed by atoms with van der Waals surface area (Å²) in [6, 6.07) is 8.54. The standard InChI is InChI=1S/C20H27N4O9P/c1-12(19(26)30-3)23-34(28,33-13-7-5-4-6-8-13)31-11-14-16(25)17(29-2)18(32-14)24-10-9-15(21)22-20(24)27/h4-10,12,14,16-18,25H,11H2,1-3H3,(H,23,28)(H2,21,22,27). The van der Waals surface area contributed by atoms with Crippen LogP contribution >= 0.6 is 7.75 Å². The number of aliphatic hydroxyl groups excluding tert-OH is 1. The van der Waals surface area contributed by atoms with Gasteiger partial charge in [-0.3, -0.25) is 13.9 Å². The molecule has 1 aliphatic rings. The Bertz CT molecular complexity index is 1080. The van der Waals surface area contributed by atoms with Gasteiger partial charge in [-0.25, -0.2) is 9.36 Å². The van der Waals surface area contributed by atoms with Crippen molar-refractivity contribution in [2.75, 3.05) is 26.6 Å². The molecule has 6 atom stereocenters. The molecule has 1 fully saturated rings. The Morgan fingerprint density at radius 3 is 2.65 bits per heavy atom. The fraction of sp³-hybridized carbons (Fsp3) is 0.450. The molecule has 1 aromatic heterocycles. The number of nitrogens with one attached hydrogen (secondary N) is 1. The van der Waals surface area contributed by atoms with Crippen LogP contribution in [-0.4, -0.2) is 65.8 Å². The fourth-order valence-corrected chi connectivity index (χ4v) is 4.80. The summed E-state index contributed by atoms with van der Waals surface area (Å²) in [5.74, 6) is -0.443. The van der Waals surface area contributed by atoms with Gasteiger partial charge in [0.05, 0.1) is 13.7 Å². The van der Waals surface area contributed by atoms with Crippen LogP contribution in [-0.2, 0) is 28.1 Å². The summed E-state index contributed by atoms with van der Waals surface area (Å²) in [6.07, 6.45) is -2.98. The number of carbonyl (C=O) groups excluding carboxylic acids is 1. The van der Waals surface area contributed by atoms with Gasteiger partial charge in [-0.2, -0.15) is 10.1 Å². The van der Waals surface area contributed by atoms with Gasteiger partial charge in [0.1, 0.15) is 35.9 Å². The number of carbonyl (C=O) groups is 1. The summed E-state index contributed by atoms with van der Waals surface area (Å²) in [6.45, 7) is 0.994. The van der Waals surface area contributed by atoms with Gasteiger partial charge in [-0.05, 0) is 25.1 Å². The molecular formula is C20H27N4O9P. The second kappa shape index (κ2) is 11.1. The molecule has 3 rings (SSSR count). The Kier molecular flexibility index (Phi) is 8.42. The van der Waals surface area contributed by atoms with Gasteiger partial charge >= 0.3 is 19.4 Å². The lowest BCUT2D eigenvalue weighted by atomic mass is 10.1. The lowest BCUT2D eigenvalue weighted by Gasteiger charge is -2.24. The van der Waals surface area contributed by atoms with Crippen molar-refractivity contribution in [3.8, 4) is 5.75 Å². The molecule has 13 nitrogen and oxygen atoms in total. The predicted molar refractivity (Wildman–Crippen MR) is 119 cm³/mol. The molecule has 2 aromatic rings. The maximum Gasteiger partial charge on any atom is 0.459 e. The van der Waals surface area contributed by atoms with Crippen LogP contribution in [0.4, 0.5) is 5.82 Å². The number of methoxy groups -OCH3 is 2. The van der Waals surface area contributed by atoms with Gasteiger partial charge < -0.3 is 29.6 Å². The number of esters is 1. The van der Waals surface area contributed by atoms with E-state index in [1.54, 1.807) is 30.3 Å². The van der Waals surface area contributed by atoms with E-state index < -0.39 is 56.6 Å². The quantitative estimate of drug-likeness (QED) is 0.305. The van der Waals surface area contributed by atoms with Crippen molar-refractivity contribution in [3.05, 3.63) is 53.1 Å². The van der Waals surface area contributed by atoms with E-state index >= 15 is 0 Å². The molecule has 4 N–H and O–H groups in total. The largest absolute Gasteiger partial charge is 0.468 e. The number of nitrogen functional groups attached to an aromatic ring is 1. The van der Waals surface area contributed by atoms with E-state index in [0.717, 1.165) is 4.57 Å². The Labute approximate surface area is 195 Å². The second-order valence-corrected chi connectivity index (χ2v) is 9.06. The summed E-state index contributed by atoms with van der Waals surface area (Å²) in [7, 11) is -1.63. The zero-order valence-electron chi connectivity index (χ0n) is 18.8. The average Bonchev–Trinajstić information content (AvgIpc) is 3.12. The number of hydrogen-bond donors (Lipinski definition) is 3. The molecule has 0 bridgehead atoms. The Balaban J connectivity index is 1.78. The SMILES string of the molecule is COC(=O)C(C)NP(=O)(OCC1OC(n2ccc(N)nc2=O)C(OC)C1O)Oc1ccccc1. The summed E-state index contributed by atoms with van der Waals surface area (Å²) in [4.78, 5) is 27.7. The molecule has 0 aliphatic carbocycles. The van der Waals surface area contributed by atoms with Crippen LogP contribution in [0.1, 0.15) is 13.2 Å². The van der Waals surface area contributed by atoms with E-state index in [1.165, 1.54) is 33.4 Å². The van der Waals surface area contributed by atoms with Crippen molar-refractivity contribution in [2.45, 2.75) is 37.5 Å². The fourth-order valence-electron chi connectivity index (χ4n) is 3.30. The number of benzene rings is 1. The van der Waals surface area contributed by atoms with Gasteiger partial charge in [0, 0.05) is 13.3 Å². The third-order valence-corrected chi connectivity index (χ3v) is 6.64. The minimum atomic E-state index is -4.16. The van der Waals surface area contributed by atoms with E-state index in [-0.39, 0.29) is 11.6 Å². The number of ether oxygens (including phenoxy) is 3. The predicted octanol–water partition coefficient (Wildman–Crippen LogP) is 0.454. The molecule has 34 heavy (non-hydrogen) atoms. The first-order chi connectivity index (χ1) is 16.2. The van der Waals surface area contributed by atoms with E-state index in [4.69, 9.17) is 24.3 Å². The van der Waals surface area contributed by atoms with Gasteiger partial charge in [0.25, 0.3) is 0 Å². The molecule has 1 aromatic carbocycles. The van der Waals surface area contributed by atoms with Crippen LogP contribution in [0.15, 0.2) is 47.4 Å². The van der Waals surface area contributed by atoms with Crippen molar-refractivity contribution in [2.24, 2.45) is 0 Å². The Morgan fingerprint density at radius 2 is 2.03 bits per heavy atom. The topological polar surface area (TPSA) is 173 Å². The smallest absolute Gasteiger partial charge is 0.459 e. The highest BCUT2D eigenvalue weighted by Crippen LogP contribution is 2.46. The number of hydrogen-bond acceptors (Lipinski definition) is 11. The molecule has 0 amide bonds. The minimum absolute atomic E-state index is 0.0263.